The van der Waals surface area contributed by atoms with Gasteiger partial charge < -0.3 is 20.1 Å². The van der Waals surface area contributed by atoms with Crippen LogP contribution in [0.5, 0.6) is 0 Å². The number of amides is 2. The lowest BCUT2D eigenvalue weighted by Gasteiger charge is -2.37. The van der Waals surface area contributed by atoms with Crippen molar-refractivity contribution in [3.63, 3.8) is 0 Å². The van der Waals surface area contributed by atoms with Crippen LogP contribution in [0, 0.1) is 5.92 Å². The fraction of sp³-hybridized carbons (Fsp3) is 0.444. The second-order valence-electron chi connectivity index (χ2n) is 9.60. The van der Waals surface area contributed by atoms with Gasteiger partial charge in [-0.05, 0) is 55.4 Å². The summed E-state index contributed by atoms with van der Waals surface area (Å²) in [6.07, 6.45) is -0.320. The van der Waals surface area contributed by atoms with Crippen molar-refractivity contribution < 1.29 is 24.2 Å². The summed E-state index contributed by atoms with van der Waals surface area (Å²) in [6.45, 7) is 8.92. The van der Waals surface area contributed by atoms with Crippen molar-refractivity contribution in [2.75, 3.05) is 13.2 Å². The largest absolute Gasteiger partial charge is 0.480 e. The molecule has 0 spiro atoms. The Morgan fingerprint density at radius 1 is 1.03 bits per heavy atom. The molecule has 182 valence electrons. The summed E-state index contributed by atoms with van der Waals surface area (Å²) in [5.74, 6) is -1.52. The van der Waals surface area contributed by atoms with E-state index in [0.717, 1.165) is 22.3 Å². The molecule has 7 nitrogen and oxygen atoms in total. The molecule has 2 aromatic carbocycles. The predicted octanol–water partition coefficient (Wildman–Crippen LogP) is 4.65. The highest BCUT2D eigenvalue weighted by Gasteiger charge is 2.40. The van der Waals surface area contributed by atoms with Crippen LogP contribution in [-0.2, 0) is 14.3 Å². The van der Waals surface area contributed by atoms with Crippen molar-refractivity contribution in [3.05, 3.63) is 59.7 Å². The number of carboxylic acid groups (broad SMARTS) is 1. The number of rotatable bonds is 9. The SMILES string of the molecule is CCN(C(=O)C(CC(C)C)NC(=O)OCC1c2ccccc2-c2ccccc21)C(C)(C)C(=O)O. The Hall–Kier alpha value is -3.35. The van der Waals surface area contributed by atoms with Crippen LogP contribution >= 0.6 is 0 Å². The van der Waals surface area contributed by atoms with Gasteiger partial charge in [-0.25, -0.2) is 9.59 Å². The maximum Gasteiger partial charge on any atom is 0.407 e. The summed E-state index contributed by atoms with van der Waals surface area (Å²) in [5, 5.41) is 12.3. The fourth-order valence-electron chi connectivity index (χ4n) is 4.61. The highest BCUT2D eigenvalue weighted by atomic mass is 16.5. The number of fused-ring (bicyclic) bond motifs is 3. The third-order valence-electron chi connectivity index (χ3n) is 6.42. The van der Waals surface area contributed by atoms with Crippen molar-refractivity contribution in [1.29, 1.82) is 0 Å². The summed E-state index contributed by atoms with van der Waals surface area (Å²) in [5.41, 5.74) is 3.08. The third kappa shape index (κ3) is 5.08. The monoisotopic (exact) mass is 466 g/mol. The summed E-state index contributed by atoms with van der Waals surface area (Å²) in [4.78, 5) is 39.1. The molecule has 3 rings (SSSR count). The number of nitrogens with one attached hydrogen (secondary N) is 1. The molecule has 7 heteroatoms. The van der Waals surface area contributed by atoms with Crippen LogP contribution in [-0.4, -0.2) is 52.7 Å². The van der Waals surface area contributed by atoms with Crippen molar-refractivity contribution >= 4 is 18.0 Å². The van der Waals surface area contributed by atoms with Crippen LogP contribution < -0.4 is 5.32 Å². The molecular weight excluding hydrogens is 432 g/mol. The number of aliphatic carboxylic acids is 1. The van der Waals surface area contributed by atoms with Crippen molar-refractivity contribution in [1.82, 2.24) is 10.2 Å². The molecule has 1 aliphatic carbocycles. The van der Waals surface area contributed by atoms with E-state index >= 15 is 0 Å². The van der Waals surface area contributed by atoms with Crippen molar-refractivity contribution in [2.24, 2.45) is 5.92 Å². The van der Waals surface area contributed by atoms with Gasteiger partial charge in [0.2, 0.25) is 5.91 Å². The molecule has 0 saturated carbocycles. The molecule has 1 atom stereocenters. The molecule has 2 aromatic rings. The topological polar surface area (TPSA) is 95.9 Å². The number of likely N-dealkylation sites (N-methyl/N-ethyl adjacent to an activating group) is 1. The minimum absolute atomic E-state index is 0.0875. The zero-order valence-electron chi connectivity index (χ0n) is 20.5. The number of carboxylic acids is 1. The Bertz CT molecular complexity index is 1020. The molecule has 1 unspecified atom stereocenters. The average molecular weight is 467 g/mol. The number of nitrogens with zero attached hydrogens (tertiary/aromatic N) is 1. The normalized spacial score (nSPS) is 13.7. The number of alkyl carbamates (subject to hydrolysis) is 1. The van der Waals surface area contributed by atoms with Gasteiger partial charge in [0.1, 0.15) is 18.2 Å². The number of benzene rings is 2. The third-order valence-corrected chi connectivity index (χ3v) is 6.42. The van der Waals surface area contributed by atoms with E-state index in [0.29, 0.717) is 6.42 Å². The molecule has 0 aromatic heterocycles. The van der Waals surface area contributed by atoms with Crippen molar-refractivity contribution in [3.8, 4) is 11.1 Å². The van der Waals surface area contributed by atoms with Crippen molar-refractivity contribution in [2.45, 2.75) is 58.5 Å². The molecular formula is C27H34N2O5. The van der Waals surface area contributed by atoms with E-state index in [4.69, 9.17) is 4.74 Å². The predicted molar refractivity (Wildman–Crippen MR) is 131 cm³/mol. The lowest BCUT2D eigenvalue weighted by molar-refractivity contribution is -0.157. The first kappa shape index (κ1) is 25.3. The highest BCUT2D eigenvalue weighted by molar-refractivity contribution is 5.91. The summed E-state index contributed by atoms with van der Waals surface area (Å²) in [6, 6.07) is 15.3. The zero-order valence-corrected chi connectivity index (χ0v) is 20.5. The average Bonchev–Trinajstić information content (AvgIpc) is 3.11. The van der Waals surface area contributed by atoms with Gasteiger partial charge in [-0.3, -0.25) is 4.79 Å². The van der Waals surface area contributed by atoms with Crippen LogP contribution in [0.1, 0.15) is 58.1 Å². The second-order valence-corrected chi connectivity index (χ2v) is 9.60. The fourth-order valence-corrected chi connectivity index (χ4v) is 4.61. The van der Waals surface area contributed by atoms with E-state index < -0.39 is 29.6 Å². The van der Waals surface area contributed by atoms with E-state index in [2.05, 4.69) is 17.4 Å². The molecule has 2 amide bonds. The Labute approximate surface area is 201 Å². The minimum atomic E-state index is -1.40. The Morgan fingerprint density at radius 2 is 1.56 bits per heavy atom. The first-order chi connectivity index (χ1) is 16.1. The van der Waals surface area contributed by atoms with Gasteiger partial charge in [0.25, 0.3) is 0 Å². The number of hydrogen-bond donors (Lipinski definition) is 2. The second kappa shape index (κ2) is 10.3. The standard InChI is InChI=1S/C27H34N2O5/c1-6-29(27(4,5)25(31)32)24(30)23(15-17(2)3)28-26(33)34-16-22-20-13-9-7-11-18(20)19-12-8-10-14-21(19)22/h7-14,17,22-23H,6,15-16H2,1-5H3,(H,28,33)(H,31,32). The Kier molecular flexibility index (Phi) is 7.64. The van der Waals surface area contributed by atoms with Gasteiger partial charge in [0.15, 0.2) is 0 Å². The minimum Gasteiger partial charge on any atom is -0.480 e. The molecule has 0 radical (unpaired) electrons. The van der Waals surface area contributed by atoms with Crippen LogP contribution in [0.3, 0.4) is 0 Å². The quantitative estimate of drug-likeness (QED) is 0.561. The number of carbonyl (C=O) groups is 3. The van der Waals surface area contributed by atoms with Gasteiger partial charge in [-0.1, -0.05) is 62.4 Å². The van der Waals surface area contributed by atoms with Gasteiger partial charge >= 0.3 is 12.1 Å². The summed E-state index contributed by atoms with van der Waals surface area (Å²) < 4.78 is 5.61. The molecule has 0 fully saturated rings. The lowest BCUT2D eigenvalue weighted by atomic mass is 9.98. The Morgan fingerprint density at radius 3 is 2.03 bits per heavy atom. The van der Waals surface area contributed by atoms with Crippen LogP contribution in [0.4, 0.5) is 4.79 Å². The summed E-state index contributed by atoms with van der Waals surface area (Å²) in [7, 11) is 0. The first-order valence-corrected chi connectivity index (χ1v) is 11.7. The lowest BCUT2D eigenvalue weighted by Crippen LogP contribution is -2.58. The number of carbonyl (C=O) groups excluding carboxylic acids is 2. The van der Waals surface area contributed by atoms with Crippen LogP contribution in [0.25, 0.3) is 11.1 Å². The number of ether oxygens (including phenoxy) is 1. The molecule has 0 saturated heterocycles. The molecule has 0 aliphatic heterocycles. The number of hydrogen-bond acceptors (Lipinski definition) is 4. The smallest absolute Gasteiger partial charge is 0.407 e. The van der Waals surface area contributed by atoms with E-state index in [1.54, 1.807) is 6.92 Å². The van der Waals surface area contributed by atoms with Gasteiger partial charge in [-0.15, -0.1) is 0 Å². The van der Waals surface area contributed by atoms with Gasteiger partial charge in [0, 0.05) is 12.5 Å². The molecule has 2 N–H and O–H groups in total. The van der Waals surface area contributed by atoms with E-state index in [-0.39, 0.29) is 25.0 Å². The Balaban J connectivity index is 1.74. The molecule has 34 heavy (non-hydrogen) atoms. The molecule has 0 heterocycles. The van der Waals surface area contributed by atoms with Crippen LogP contribution in [0.15, 0.2) is 48.5 Å². The van der Waals surface area contributed by atoms with Crippen LogP contribution in [0.2, 0.25) is 0 Å². The maximum absolute atomic E-state index is 13.3. The van der Waals surface area contributed by atoms with E-state index in [1.165, 1.54) is 18.7 Å². The highest BCUT2D eigenvalue weighted by Crippen LogP contribution is 2.44. The van der Waals surface area contributed by atoms with E-state index in [9.17, 15) is 19.5 Å². The van der Waals surface area contributed by atoms with E-state index in [1.807, 2.05) is 50.2 Å². The molecule has 1 aliphatic rings. The summed E-state index contributed by atoms with van der Waals surface area (Å²) >= 11 is 0. The van der Waals surface area contributed by atoms with Gasteiger partial charge in [-0.2, -0.15) is 0 Å². The van der Waals surface area contributed by atoms with Gasteiger partial charge in [0.05, 0.1) is 0 Å². The zero-order chi connectivity index (χ0) is 25.0. The molecule has 0 bridgehead atoms. The first-order valence-electron chi connectivity index (χ1n) is 11.7. The maximum atomic E-state index is 13.3.